The van der Waals surface area contributed by atoms with Crippen LogP contribution in [0.2, 0.25) is 0 Å². The molecule has 1 N–H and O–H groups in total. The standard InChI is InChI=1S/C15H19N3O/c19-10-4-9-18(13-6-3-7-13)15-14-8-2-1-5-12(14)11-16-17-15/h1-2,5,8,11,13,19H,3-4,6-7,9-10H2. The van der Waals surface area contributed by atoms with Gasteiger partial charge in [0.05, 0.1) is 6.20 Å². The fraction of sp³-hybridized carbons (Fsp3) is 0.467. The second-order valence-electron chi connectivity index (χ2n) is 5.11. The van der Waals surface area contributed by atoms with E-state index in [1.54, 1.807) is 0 Å². The number of aromatic nitrogens is 2. The van der Waals surface area contributed by atoms with Crippen LogP contribution in [0.4, 0.5) is 5.82 Å². The van der Waals surface area contributed by atoms with Gasteiger partial charge in [-0.15, -0.1) is 5.10 Å². The summed E-state index contributed by atoms with van der Waals surface area (Å²) in [5.41, 5.74) is 0. The Morgan fingerprint density at radius 1 is 1.26 bits per heavy atom. The Morgan fingerprint density at radius 3 is 2.84 bits per heavy atom. The van der Waals surface area contributed by atoms with E-state index >= 15 is 0 Å². The fourth-order valence-corrected chi connectivity index (χ4v) is 2.63. The van der Waals surface area contributed by atoms with E-state index in [9.17, 15) is 0 Å². The van der Waals surface area contributed by atoms with Crippen molar-refractivity contribution in [1.29, 1.82) is 0 Å². The number of hydrogen-bond acceptors (Lipinski definition) is 4. The maximum atomic E-state index is 9.09. The lowest BCUT2D eigenvalue weighted by Gasteiger charge is -2.38. The molecule has 0 spiro atoms. The molecular weight excluding hydrogens is 238 g/mol. The number of hydrogen-bond donors (Lipinski definition) is 1. The van der Waals surface area contributed by atoms with Crippen molar-refractivity contribution in [3.63, 3.8) is 0 Å². The van der Waals surface area contributed by atoms with Crippen molar-refractivity contribution in [3.8, 4) is 0 Å². The topological polar surface area (TPSA) is 49.2 Å². The molecule has 1 fully saturated rings. The molecule has 4 heteroatoms. The minimum atomic E-state index is 0.224. The molecule has 0 aliphatic heterocycles. The third-order valence-electron chi connectivity index (χ3n) is 3.90. The molecule has 1 heterocycles. The number of rotatable bonds is 5. The summed E-state index contributed by atoms with van der Waals surface area (Å²) < 4.78 is 0. The average molecular weight is 257 g/mol. The molecule has 0 amide bonds. The second kappa shape index (κ2) is 5.53. The van der Waals surface area contributed by atoms with Gasteiger partial charge in [-0.1, -0.05) is 24.3 Å². The zero-order valence-electron chi connectivity index (χ0n) is 11.0. The zero-order chi connectivity index (χ0) is 13.1. The molecule has 19 heavy (non-hydrogen) atoms. The number of fused-ring (bicyclic) bond motifs is 1. The highest BCUT2D eigenvalue weighted by Gasteiger charge is 2.26. The highest BCUT2D eigenvalue weighted by molar-refractivity contribution is 5.91. The molecule has 0 radical (unpaired) electrons. The monoisotopic (exact) mass is 257 g/mol. The van der Waals surface area contributed by atoms with Crippen molar-refractivity contribution < 1.29 is 5.11 Å². The molecular formula is C15H19N3O. The summed E-state index contributed by atoms with van der Waals surface area (Å²) in [6, 6.07) is 8.79. The minimum Gasteiger partial charge on any atom is -0.396 e. The summed E-state index contributed by atoms with van der Waals surface area (Å²) in [6.45, 7) is 1.07. The third kappa shape index (κ3) is 2.40. The minimum absolute atomic E-state index is 0.224. The van der Waals surface area contributed by atoms with Gasteiger partial charge in [0, 0.05) is 30.0 Å². The maximum absolute atomic E-state index is 9.09. The highest BCUT2D eigenvalue weighted by atomic mass is 16.3. The molecule has 1 aromatic heterocycles. The number of anilines is 1. The zero-order valence-corrected chi connectivity index (χ0v) is 11.0. The first-order chi connectivity index (χ1) is 9.40. The summed E-state index contributed by atoms with van der Waals surface area (Å²) in [7, 11) is 0. The highest BCUT2D eigenvalue weighted by Crippen LogP contribution is 2.32. The average Bonchev–Trinajstić information content (AvgIpc) is 2.41. The van der Waals surface area contributed by atoms with E-state index in [4.69, 9.17) is 5.11 Å². The van der Waals surface area contributed by atoms with Crippen LogP contribution in [0.3, 0.4) is 0 Å². The van der Waals surface area contributed by atoms with Gasteiger partial charge in [0.2, 0.25) is 0 Å². The van der Waals surface area contributed by atoms with Gasteiger partial charge in [0.1, 0.15) is 0 Å². The van der Waals surface area contributed by atoms with Gasteiger partial charge >= 0.3 is 0 Å². The van der Waals surface area contributed by atoms with Crippen LogP contribution >= 0.6 is 0 Å². The predicted octanol–water partition coefficient (Wildman–Crippen LogP) is 2.37. The summed E-state index contributed by atoms with van der Waals surface area (Å²) >= 11 is 0. The SMILES string of the molecule is OCCCN(c1nncc2ccccc12)C1CCC1. The van der Waals surface area contributed by atoms with Gasteiger partial charge in [-0.05, 0) is 25.7 Å². The van der Waals surface area contributed by atoms with Gasteiger partial charge < -0.3 is 10.0 Å². The van der Waals surface area contributed by atoms with E-state index in [0.29, 0.717) is 6.04 Å². The van der Waals surface area contributed by atoms with Gasteiger partial charge in [-0.2, -0.15) is 5.10 Å². The van der Waals surface area contributed by atoms with Crippen molar-refractivity contribution in [2.75, 3.05) is 18.1 Å². The first kappa shape index (κ1) is 12.4. The van der Waals surface area contributed by atoms with Gasteiger partial charge in [-0.25, -0.2) is 0 Å². The Bertz CT molecular complexity index is 549. The Kier molecular flexibility index (Phi) is 3.60. The lowest BCUT2D eigenvalue weighted by Crippen LogP contribution is -2.41. The smallest absolute Gasteiger partial charge is 0.159 e. The normalized spacial score (nSPS) is 15.4. The summed E-state index contributed by atoms with van der Waals surface area (Å²) in [4.78, 5) is 2.33. The summed E-state index contributed by atoms with van der Waals surface area (Å²) in [6.07, 6.45) is 6.32. The molecule has 100 valence electrons. The molecule has 4 nitrogen and oxygen atoms in total. The first-order valence-electron chi connectivity index (χ1n) is 6.98. The second-order valence-corrected chi connectivity index (χ2v) is 5.11. The largest absolute Gasteiger partial charge is 0.396 e. The van der Waals surface area contributed by atoms with Crippen LogP contribution in [0.25, 0.3) is 10.8 Å². The van der Waals surface area contributed by atoms with E-state index in [-0.39, 0.29) is 6.61 Å². The molecule has 0 bridgehead atoms. The third-order valence-corrected chi connectivity index (χ3v) is 3.90. The molecule has 1 saturated carbocycles. The first-order valence-corrected chi connectivity index (χ1v) is 6.98. The number of aliphatic hydroxyl groups is 1. The number of aliphatic hydroxyl groups excluding tert-OH is 1. The van der Waals surface area contributed by atoms with E-state index in [0.717, 1.165) is 29.6 Å². The maximum Gasteiger partial charge on any atom is 0.159 e. The lowest BCUT2D eigenvalue weighted by atomic mass is 9.91. The molecule has 2 aromatic rings. The molecule has 0 unspecified atom stereocenters. The van der Waals surface area contributed by atoms with Crippen molar-refractivity contribution >= 4 is 16.6 Å². The van der Waals surface area contributed by atoms with Crippen LogP contribution in [-0.4, -0.2) is 34.5 Å². The van der Waals surface area contributed by atoms with E-state index in [2.05, 4.69) is 27.2 Å². The predicted molar refractivity (Wildman–Crippen MR) is 76.2 cm³/mol. The van der Waals surface area contributed by atoms with Crippen LogP contribution in [0.5, 0.6) is 0 Å². The van der Waals surface area contributed by atoms with Crippen LogP contribution < -0.4 is 4.90 Å². The van der Waals surface area contributed by atoms with Crippen molar-refractivity contribution in [1.82, 2.24) is 10.2 Å². The number of nitrogens with zero attached hydrogens (tertiary/aromatic N) is 3. The van der Waals surface area contributed by atoms with Crippen LogP contribution in [0, 0.1) is 0 Å². The van der Waals surface area contributed by atoms with Gasteiger partial charge in [0.25, 0.3) is 0 Å². The van der Waals surface area contributed by atoms with E-state index in [1.165, 1.54) is 19.3 Å². The molecule has 1 aliphatic carbocycles. The van der Waals surface area contributed by atoms with Crippen molar-refractivity contribution in [3.05, 3.63) is 30.5 Å². The number of benzene rings is 1. The Morgan fingerprint density at radius 2 is 2.11 bits per heavy atom. The van der Waals surface area contributed by atoms with E-state index in [1.807, 2.05) is 18.3 Å². The molecule has 1 aliphatic rings. The summed E-state index contributed by atoms with van der Waals surface area (Å²) in [5.74, 6) is 0.969. The van der Waals surface area contributed by atoms with Crippen LogP contribution in [-0.2, 0) is 0 Å². The van der Waals surface area contributed by atoms with Gasteiger partial charge in [0.15, 0.2) is 5.82 Å². The molecule has 0 saturated heterocycles. The molecule has 0 atom stereocenters. The van der Waals surface area contributed by atoms with E-state index < -0.39 is 0 Å². The Labute approximate surface area is 113 Å². The fourth-order valence-electron chi connectivity index (χ4n) is 2.63. The lowest BCUT2D eigenvalue weighted by molar-refractivity contribution is 0.282. The Balaban J connectivity index is 1.98. The van der Waals surface area contributed by atoms with Crippen molar-refractivity contribution in [2.45, 2.75) is 31.7 Å². The summed E-state index contributed by atoms with van der Waals surface area (Å²) in [5, 5.41) is 19.9. The van der Waals surface area contributed by atoms with Crippen LogP contribution in [0.15, 0.2) is 30.5 Å². The molecule has 3 rings (SSSR count). The van der Waals surface area contributed by atoms with Crippen LogP contribution in [0.1, 0.15) is 25.7 Å². The van der Waals surface area contributed by atoms with Crippen molar-refractivity contribution in [2.24, 2.45) is 0 Å². The Hall–Kier alpha value is -1.68. The van der Waals surface area contributed by atoms with Gasteiger partial charge in [-0.3, -0.25) is 0 Å². The quantitative estimate of drug-likeness (QED) is 0.893. The molecule has 1 aromatic carbocycles.